The summed E-state index contributed by atoms with van der Waals surface area (Å²) in [6.07, 6.45) is 3.31. The minimum atomic E-state index is -0.350. The van der Waals surface area contributed by atoms with Gasteiger partial charge in [-0.15, -0.1) is 0 Å². The lowest BCUT2D eigenvalue weighted by molar-refractivity contribution is 0.0642. The number of amides is 3. The summed E-state index contributed by atoms with van der Waals surface area (Å²) in [5.74, 6) is -0.282. The Kier molecular flexibility index (Phi) is 5.71. The number of rotatable bonds is 6. The van der Waals surface area contributed by atoms with Gasteiger partial charge in [0.15, 0.2) is 0 Å². The molecule has 2 aliphatic rings. The largest absolute Gasteiger partial charge is 0.352 e. The molecular weight excluding hydrogens is 366 g/mol. The molecule has 0 aromatic heterocycles. The zero-order chi connectivity index (χ0) is 20.2. The van der Waals surface area contributed by atoms with Crippen molar-refractivity contribution < 1.29 is 14.4 Å². The average molecular weight is 391 g/mol. The van der Waals surface area contributed by atoms with Crippen molar-refractivity contribution in [3.05, 3.63) is 70.8 Å². The number of nitrogens with one attached hydrogen (secondary N) is 2. The minimum absolute atomic E-state index is 0.210. The molecule has 0 aliphatic carbocycles. The number of benzene rings is 2. The maximum Gasteiger partial charge on any atom is 0.261 e. The Bertz CT molecular complexity index is 920. The lowest BCUT2D eigenvalue weighted by atomic mass is 9.96. The predicted molar refractivity (Wildman–Crippen MR) is 110 cm³/mol. The van der Waals surface area contributed by atoms with Crippen LogP contribution in [0.3, 0.4) is 0 Å². The van der Waals surface area contributed by atoms with Gasteiger partial charge in [-0.3, -0.25) is 19.3 Å². The number of hydrogen-bond donors (Lipinski definition) is 2. The lowest BCUT2D eigenvalue weighted by Crippen LogP contribution is -2.33. The summed E-state index contributed by atoms with van der Waals surface area (Å²) in [6.45, 7) is 2.91. The van der Waals surface area contributed by atoms with Crippen molar-refractivity contribution in [2.45, 2.75) is 25.8 Å². The van der Waals surface area contributed by atoms with Crippen LogP contribution in [-0.2, 0) is 6.54 Å². The van der Waals surface area contributed by atoms with Crippen molar-refractivity contribution in [3.8, 4) is 0 Å². The molecule has 4 rings (SSSR count). The third kappa shape index (κ3) is 4.22. The standard InChI is InChI=1S/C23H25N3O3/c27-21(25-12-10-16-7-4-11-24-14-16)18-8-9-19-20(13-18)23(29)26(22(19)28)15-17-5-2-1-3-6-17/h1-3,5-6,8-9,13,16,24H,4,7,10-12,14-15H2,(H,25,27). The van der Waals surface area contributed by atoms with E-state index < -0.39 is 0 Å². The maximum absolute atomic E-state index is 12.8. The first-order chi connectivity index (χ1) is 14.1. The molecule has 0 bridgehead atoms. The molecule has 3 amide bonds. The van der Waals surface area contributed by atoms with Gasteiger partial charge in [0.25, 0.3) is 17.7 Å². The van der Waals surface area contributed by atoms with Crippen LogP contribution < -0.4 is 10.6 Å². The topological polar surface area (TPSA) is 78.5 Å². The van der Waals surface area contributed by atoms with E-state index in [0.717, 1.165) is 25.1 Å². The third-order valence-corrected chi connectivity index (χ3v) is 5.65. The molecule has 0 spiro atoms. The SMILES string of the molecule is O=C(NCCC1CCCNC1)c1ccc2c(c1)C(=O)N(Cc1ccccc1)C2=O. The number of carbonyl (C=O) groups is 3. The Morgan fingerprint density at radius 3 is 2.62 bits per heavy atom. The first-order valence-electron chi connectivity index (χ1n) is 10.2. The summed E-state index contributed by atoms with van der Waals surface area (Å²) in [7, 11) is 0. The zero-order valence-electron chi connectivity index (χ0n) is 16.3. The van der Waals surface area contributed by atoms with Gasteiger partial charge in [0.05, 0.1) is 17.7 Å². The van der Waals surface area contributed by atoms with Crippen LogP contribution in [-0.4, -0.2) is 42.3 Å². The molecule has 1 fully saturated rings. The van der Waals surface area contributed by atoms with Gasteiger partial charge in [-0.05, 0) is 62.0 Å². The molecule has 2 aromatic rings. The molecule has 1 atom stereocenters. The first-order valence-corrected chi connectivity index (χ1v) is 10.2. The van der Waals surface area contributed by atoms with Crippen LogP contribution in [0.5, 0.6) is 0 Å². The highest BCUT2D eigenvalue weighted by molar-refractivity contribution is 6.22. The second-order valence-electron chi connectivity index (χ2n) is 7.70. The van der Waals surface area contributed by atoms with E-state index >= 15 is 0 Å². The van der Waals surface area contributed by atoms with Crippen LogP contribution in [0.4, 0.5) is 0 Å². The van der Waals surface area contributed by atoms with Gasteiger partial charge < -0.3 is 10.6 Å². The third-order valence-electron chi connectivity index (χ3n) is 5.65. The van der Waals surface area contributed by atoms with Gasteiger partial charge >= 0.3 is 0 Å². The Hall–Kier alpha value is -2.99. The van der Waals surface area contributed by atoms with Crippen LogP contribution in [0, 0.1) is 5.92 Å². The van der Waals surface area contributed by atoms with E-state index in [-0.39, 0.29) is 24.3 Å². The van der Waals surface area contributed by atoms with Crippen LogP contribution in [0.2, 0.25) is 0 Å². The van der Waals surface area contributed by atoms with E-state index in [1.807, 2.05) is 30.3 Å². The fourth-order valence-corrected chi connectivity index (χ4v) is 4.00. The fraction of sp³-hybridized carbons (Fsp3) is 0.348. The van der Waals surface area contributed by atoms with Crippen molar-refractivity contribution in [2.75, 3.05) is 19.6 Å². The van der Waals surface area contributed by atoms with E-state index in [0.29, 0.717) is 29.2 Å². The number of fused-ring (bicyclic) bond motifs is 1. The predicted octanol–water partition coefficient (Wildman–Crippen LogP) is 2.60. The zero-order valence-corrected chi connectivity index (χ0v) is 16.3. The molecule has 2 aliphatic heterocycles. The van der Waals surface area contributed by atoms with Crippen LogP contribution in [0.1, 0.15) is 55.9 Å². The van der Waals surface area contributed by atoms with E-state index in [1.54, 1.807) is 12.1 Å². The fourth-order valence-electron chi connectivity index (χ4n) is 4.00. The van der Waals surface area contributed by atoms with E-state index in [2.05, 4.69) is 10.6 Å². The lowest BCUT2D eigenvalue weighted by Gasteiger charge is -2.22. The highest BCUT2D eigenvalue weighted by atomic mass is 16.2. The molecule has 6 heteroatoms. The van der Waals surface area contributed by atoms with Crippen molar-refractivity contribution in [1.82, 2.24) is 15.5 Å². The van der Waals surface area contributed by atoms with Gasteiger partial charge in [-0.1, -0.05) is 30.3 Å². The molecule has 0 saturated carbocycles. The minimum Gasteiger partial charge on any atom is -0.352 e. The summed E-state index contributed by atoms with van der Waals surface area (Å²) in [6, 6.07) is 14.1. The van der Waals surface area contributed by atoms with Gasteiger partial charge in [0.2, 0.25) is 0 Å². The first kappa shape index (κ1) is 19.3. The molecule has 29 heavy (non-hydrogen) atoms. The summed E-state index contributed by atoms with van der Waals surface area (Å²) >= 11 is 0. The normalized spacial score (nSPS) is 18.6. The number of imide groups is 1. The quantitative estimate of drug-likeness (QED) is 0.742. The van der Waals surface area contributed by atoms with Gasteiger partial charge in [0.1, 0.15) is 0 Å². The number of nitrogens with zero attached hydrogens (tertiary/aromatic N) is 1. The van der Waals surface area contributed by atoms with Gasteiger partial charge in [-0.25, -0.2) is 0 Å². The average Bonchev–Trinajstić information content (AvgIpc) is 2.99. The van der Waals surface area contributed by atoms with E-state index in [1.165, 1.54) is 23.8 Å². The Morgan fingerprint density at radius 1 is 1.07 bits per heavy atom. The number of piperidine rings is 1. The molecule has 1 unspecified atom stereocenters. The van der Waals surface area contributed by atoms with Crippen molar-refractivity contribution >= 4 is 17.7 Å². The summed E-state index contributed by atoms with van der Waals surface area (Å²) < 4.78 is 0. The molecule has 1 saturated heterocycles. The maximum atomic E-state index is 12.8. The molecule has 2 N–H and O–H groups in total. The van der Waals surface area contributed by atoms with Crippen LogP contribution in [0.15, 0.2) is 48.5 Å². The molecule has 2 heterocycles. The monoisotopic (exact) mass is 391 g/mol. The van der Waals surface area contributed by atoms with Crippen molar-refractivity contribution in [3.63, 3.8) is 0 Å². The molecule has 150 valence electrons. The molecule has 6 nitrogen and oxygen atoms in total. The van der Waals surface area contributed by atoms with Crippen LogP contribution in [0.25, 0.3) is 0 Å². The highest BCUT2D eigenvalue weighted by Gasteiger charge is 2.36. The highest BCUT2D eigenvalue weighted by Crippen LogP contribution is 2.25. The van der Waals surface area contributed by atoms with Gasteiger partial charge in [0, 0.05) is 12.1 Å². The Labute approximate surface area is 170 Å². The van der Waals surface area contributed by atoms with Gasteiger partial charge in [-0.2, -0.15) is 0 Å². The Balaban J connectivity index is 1.40. The summed E-state index contributed by atoms with van der Waals surface area (Å²) in [5.41, 5.74) is 1.95. The van der Waals surface area contributed by atoms with Crippen molar-refractivity contribution in [1.29, 1.82) is 0 Å². The van der Waals surface area contributed by atoms with E-state index in [4.69, 9.17) is 0 Å². The second kappa shape index (κ2) is 8.57. The smallest absolute Gasteiger partial charge is 0.261 e. The molecule has 2 aromatic carbocycles. The number of hydrogen-bond acceptors (Lipinski definition) is 4. The molecular formula is C23H25N3O3. The van der Waals surface area contributed by atoms with E-state index in [9.17, 15) is 14.4 Å². The Morgan fingerprint density at radius 2 is 1.86 bits per heavy atom. The number of carbonyl (C=O) groups excluding carboxylic acids is 3. The summed E-state index contributed by atoms with van der Waals surface area (Å²) in [5, 5.41) is 6.31. The second-order valence-corrected chi connectivity index (χ2v) is 7.70. The summed E-state index contributed by atoms with van der Waals surface area (Å²) in [4.78, 5) is 39.2. The molecule has 0 radical (unpaired) electrons. The van der Waals surface area contributed by atoms with Crippen molar-refractivity contribution in [2.24, 2.45) is 5.92 Å². The van der Waals surface area contributed by atoms with Crippen LogP contribution >= 0.6 is 0 Å².